The molecule has 0 unspecified atom stereocenters. The number of hydrogen-bond acceptors (Lipinski definition) is 6. The van der Waals surface area contributed by atoms with E-state index in [1.165, 1.54) is 0 Å². The molecule has 0 aliphatic heterocycles. The van der Waals surface area contributed by atoms with Crippen LogP contribution in [-0.2, 0) is 28.7 Å². The smallest absolute Gasteiger partial charge is 0.477 e. The molecule has 8 nitrogen and oxygen atoms in total. The molecule has 0 fully saturated rings. The summed E-state index contributed by atoms with van der Waals surface area (Å²) in [5.41, 5.74) is 0. The number of carbonyl (C=O) groups is 4. The summed E-state index contributed by atoms with van der Waals surface area (Å²) < 4.78 is 107. The predicted octanol–water partition coefficient (Wildman–Crippen LogP) is 1.48. The highest BCUT2D eigenvalue weighted by Crippen LogP contribution is 2.37. The average Bonchev–Trinajstić information content (AvgIpc) is 2.43. The van der Waals surface area contributed by atoms with Gasteiger partial charge in [0.25, 0.3) is 0 Å². The van der Waals surface area contributed by atoms with Crippen LogP contribution in [0, 0.1) is 0 Å². The Bertz CT molecular complexity index is 550. The minimum absolute atomic E-state index is 1.70. The highest BCUT2D eigenvalue weighted by Gasteiger charge is 2.67. The maximum Gasteiger partial charge on any atom is 0.478 e. The Morgan fingerprint density at radius 1 is 0.615 bits per heavy atom. The molecule has 0 spiro atoms. The topological polar surface area (TPSA) is 127 Å². The lowest BCUT2D eigenvalue weighted by atomic mass is 10.3. The summed E-state index contributed by atoms with van der Waals surface area (Å²) in [6.07, 6.45) is -15.2. The third-order valence-electron chi connectivity index (χ3n) is 2.29. The first-order valence-electron chi connectivity index (χ1n) is 5.80. The van der Waals surface area contributed by atoms with Crippen LogP contribution in [0.4, 0.5) is 35.1 Å². The molecule has 0 aliphatic carbocycles. The normalized spacial score (nSPS) is 13.1. The van der Waals surface area contributed by atoms with E-state index >= 15 is 0 Å². The van der Waals surface area contributed by atoms with Gasteiger partial charge in [0.05, 0.1) is 12.8 Å². The zero-order chi connectivity index (χ0) is 21.1. The zero-order valence-corrected chi connectivity index (χ0v) is 11.8. The van der Waals surface area contributed by atoms with Crippen LogP contribution in [0.1, 0.15) is 12.8 Å². The molecular formula is C10H6F8O8. The summed E-state index contributed by atoms with van der Waals surface area (Å²) in [7, 11) is 0. The molecular weight excluding hydrogens is 400 g/mol. The molecule has 0 saturated carbocycles. The highest BCUT2D eigenvalue weighted by molar-refractivity contribution is 5.81. The van der Waals surface area contributed by atoms with E-state index in [1.807, 2.05) is 0 Å². The molecule has 0 bridgehead atoms. The van der Waals surface area contributed by atoms with Crippen molar-refractivity contribution in [1.29, 1.82) is 0 Å². The monoisotopic (exact) mass is 406 g/mol. The van der Waals surface area contributed by atoms with E-state index in [4.69, 9.17) is 10.2 Å². The highest BCUT2D eigenvalue weighted by atomic mass is 19.3. The van der Waals surface area contributed by atoms with Crippen molar-refractivity contribution in [3.63, 3.8) is 0 Å². The van der Waals surface area contributed by atoms with Crippen molar-refractivity contribution in [2.24, 2.45) is 0 Å². The van der Waals surface area contributed by atoms with Crippen LogP contribution in [0.25, 0.3) is 0 Å². The molecule has 150 valence electrons. The number of carbonyl (C=O) groups excluding carboxylic acids is 2. The molecule has 2 N–H and O–H groups in total. The lowest BCUT2D eigenvalue weighted by molar-refractivity contribution is -0.325. The predicted molar refractivity (Wildman–Crippen MR) is 56.5 cm³/mol. The van der Waals surface area contributed by atoms with E-state index in [2.05, 4.69) is 9.47 Å². The Labute approximate surface area is 136 Å². The molecule has 0 saturated heterocycles. The molecule has 0 heterocycles. The lowest BCUT2D eigenvalue weighted by Crippen LogP contribution is -2.50. The van der Waals surface area contributed by atoms with Gasteiger partial charge in [0.2, 0.25) is 0 Å². The summed E-state index contributed by atoms with van der Waals surface area (Å²) in [5, 5.41) is 15.7. The fraction of sp³-hybridized carbons (Fsp3) is 0.600. The molecule has 0 rings (SSSR count). The van der Waals surface area contributed by atoms with Crippen molar-refractivity contribution in [3.8, 4) is 0 Å². The van der Waals surface area contributed by atoms with Crippen molar-refractivity contribution in [3.05, 3.63) is 0 Å². The van der Waals surface area contributed by atoms with Gasteiger partial charge in [-0.15, -0.1) is 0 Å². The van der Waals surface area contributed by atoms with E-state index in [9.17, 15) is 54.3 Å². The summed E-state index contributed by atoms with van der Waals surface area (Å²) >= 11 is 0. The molecule has 16 heteroatoms. The first kappa shape index (κ1) is 23.3. The third-order valence-corrected chi connectivity index (χ3v) is 2.29. The number of ether oxygens (including phenoxy) is 2. The summed E-state index contributed by atoms with van der Waals surface area (Å²) in [6.45, 7) is 0. The van der Waals surface area contributed by atoms with Gasteiger partial charge in [0.1, 0.15) is 0 Å². The first-order valence-corrected chi connectivity index (χ1v) is 5.80. The maximum absolute atomic E-state index is 12.8. The number of halogens is 8. The van der Waals surface area contributed by atoms with Crippen LogP contribution < -0.4 is 0 Å². The second-order valence-electron chi connectivity index (χ2n) is 4.24. The van der Waals surface area contributed by atoms with Crippen molar-refractivity contribution in [1.82, 2.24) is 0 Å². The summed E-state index contributed by atoms with van der Waals surface area (Å²) in [6, 6.07) is 0. The standard InChI is InChI=1S/C10H6F8O8/c11-7(12,5(21)22)9(15,16)25-3(19)1-2-4(20)26-10(17,18)8(13,14)6(23)24/h1-2H2,(H,21,22)(H,23,24). The molecule has 0 aromatic rings. The number of carboxylic acid groups (broad SMARTS) is 2. The van der Waals surface area contributed by atoms with E-state index in [0.29, 0.717) is 0 Å². The van der Waals surface area contributed by atoms with Crippen LogP contribution in [-0.4, -0.2) is 58.2 Å². The second-order valence-corrected chi connectivity index (χ2v) is 4.24. The van der Waals surface area contributed by atoms with Gasteiger partial charge in [-0.25, -0.2) is 9.59 Å². The van der Waals surface area contributed by atoms with Crippen LogP contribution >= 0.6 is 0 Å². The van der Waals surface area contributed by atoms with Crippen LogP contribution in [0.15, 0.2) is 0 Å². The maximum atomic E-state index is 12.8. The molecule has 0 atom stereocenters. The van der Waals surface area contributed by atoms with Gasteiger partial charge in [-0.1, -0.05) is 0 Å². The van der Waals surface area contributed by atoms with Crippen LogP contribution in [0.5, 0.6) is 0 Å². The van der Waals surface area contributed by atoms with Crippen molar-refractivity contribution < 1.29 is 74.0 Å². The Kier molecular flexibility index (Phi) is 6.53. The average molecular weight is 406 g/mol. The number of carboxylic acids is 2. The molecule has 0 amide bonds. The van der Waals surface area contributed by atoms with Gasteiger partial charge in [-0.05, 0) is 0 Å². The lowest BCUT2D eigenvalue weighted by Gasteiger charge is -2.23. The summed E-state index contributed by atoms with van der Waals surface area (Å²) in [4.78, 5) is 41.5. The van der Waals surface area contributed by atoms with Crippen LogP contribution in [0.3, 0.4) is 0 Å². The SMILES string of the molecule is O=C(CCC(=O)OC(F)(F)C(F)(F)C(=O)O)OC(F)(F)C(F)(F)C(=O)O. The number of aliphatic carboxylic acids is 2. The number of hydrogen-bond donors (Lipinski definition) is 2. The zero-order valence-electron chi connectivity index (χ0n) is 11.8. The van der Waals surface area contributed by atoms with Gasteiger partial charge >= 0.3 is 47.9 Å². The minimum Gasteiger partial charge on any atom is -0.477 e. The number of alkyl halides is 8. The summed E-state index contributed by atoms with van der Waals surface area (Å²) in [5.74, 6) is -23.3. The fourth-order valence-electron chi connectivity index (χ4n) is 0.969. The van der Waals surface area contributed by atoms with E-state index in [1.54, 1.807) is 0 Å². The van der Waals surface area contributed by atoms with E-state index in [0.717, 1.165) is 0 Å². The van der Waals surface area contributed by atoms with Crippen molar-refractivity contribution in [2.45, 2.75) is 36.9 Å². The van der Waals surface area contributed by atoms with Gasteiger partial charge in [-0.2, -0.15) is 35.1 Å². The van der Waals surface area contributed by atoms with Crippen molar-refractivity contribution >= 4 is 23.9 Å². The third kappa shape index (κ3) is 4.92. The molecule has 0 aliphatic rings. The van der Waals surface area contributed by atoms with E-state index < -0.39 is 60.8 Å². The molecule has 0 aromatic heterocycles. The Balaban J connectivity index is 4.82. The fourth-order valence-corrected chi connectivity index (χ4v) is 0.969. The van der Waals surface area contributed by atoms with Gasteiger partial charge < -0.3 is 19.7 Å². The van der Waals surface area contributed by atoms with Gasteiger partial charge in [0.15, 0.2) is 0 Å². The Hall–Kier alpha value is -2.68. The first-order chi connectivity index (χ1) is 11.4. The molecule has 0 radical (unpaired) electrons. The second kappa shape index (κ2) is 7.28. The molecule has 26 heavy (non-hydrogen) atoms. The van der Waals surface area contributed by atoms with E-state index in [-0.39, 0.29) is 0 Å². The molecule has 0 aromatic carbocycles. The minimum atomic E-state index is -5.89. The van der Waals surface area contributed by atoms with Gasteiger partial charge in [-0.3, -0.25) is 9.59 Å². The van der Waals surface area contributed by atoms with Crippen LogP contribution in [0.2, 0.25) is 0 Å². The van der Waals surface area contributed by atoms with Gasteiger partial charge in [0, 0.05) is 0 Å². The quantitative estimate of drug-likeness (QED) is 0.436. The Morgan fingerprint density at radius 2 is 0.846 bits per heavy atom. The van der Waals surface area contributed by atoms with Crippen molar-refractivity contribution in [2.75, 3.05) is 0 Å². The Morgan fingerprint density at radius 3 is 1.04 bits per heavy atom. The number of rotatable bonds is 9. The largest absolute Gasteiger partial charge is 0.478 e. The number of esters is 2.